The van der Waals surface area contributed by atoms with Crippen molar-refractivity contribution in [3.63, 3.8) is 0 Å². The first kappa shape index (κ1) is 21.6. The van der Waals surface area contributed by atoms with Gasteiger partial charge < -0.3 is 15.0 Å². The third kappa shape index (κ3) is 6.78. The molecule has 1 aromatic heterocycles. The molecule has 0 amide bonds. The fourth-order valence-corrected chi connectivity index (χ4v) is 4.13. The van der Waals surface area contributed by atoms with Crippen LogP contribution in [-0.4, -0.2) is 84.6 Å². The van der Waals surface area contributed by atoms with Crippen LogP contribution in [0.2, 0.25) is 0 Å². The van der Waals surface area contributed by atoms with Gasteiger partial charge in [0.05, 0.1) is 31.2 Å². The zero-order valence-corrected chi connectivity index (χ0v) is 17.6. The van der Waals surface area contributed by atoms with Crippen LogP contribution >= 0.6 is 0 Å². The van der Waals surface area contributed by atoms with Crippen molar-refractivity contribution in [3.8, 4) is 0 Å². The minimum atomic E-state index is -3.28. The Morgan fingerprint density at radius 3 is 2.59 bits per heavy atom. The molecule has 10 heteroatoms. The van der Waals surface area contributed by atoms with E-state index < -0.39 is 10.0 Å². The predicted octanol–water partition coefficient (Wildman–Crippen LogP) is 0.258. The molecule has 0 atom stereocenters. The second-order valence-electron chi connectivity index (χ2n) is 6.81. The zero-order chi connectivity index (χ0) is 19.9. The topological polar surface area (TPSA) is 92.1 Å². The highest BCUT2D eigenvalue weighted by Gasteiger charge is 2.28. The van der Waals surface area contributed by atoms with Crippen molar-refractivity contribution in [3.05, 3.63) is 18.0 Å². The number of rotatable bonds is 8. The predicted molar refractivity (Wildman–Crippen MR) is 106 cm³/mol. The number of ether oxygens (including phenoxy) is 1. The fourth-order valence-electron chi connectivity index (χ4n) is 2.84. The molecule has 0 aliphatic carbocycles. The summed E-state index contributed by atoms with van der Waals surface area (Å²) in [4.78, 5) is 6.77. The van der Waals surface area contributed by atoms with E-state index in [0.717, 1.165) is 18.1 Å². The summed E-state index contributed by atoms with van der Waals surface area (Å²) in [6.45, 7) is 9.51. The van der Waals surface area contributed by atoms with E-state index in [2.05, 4.69) is 20.3 Å². The van der Waals surface area contributed by atoms with Crippen molar-refractivity contribution in [1.29, 1.82) is 0 Å². The number of nitrogens with zero attached hydrogens (tertiary/aromatic N) is 5. The SMILES string of the molecule is CCNC(=NCc1cnn(C)c1)N1CCN(S(=O)(=O)CCOC(C)C)CC1. The highest BCUT2D eigenvalue weighted by Crippen LogP contribution is 2.10. The van der Waals surface area contributed by atoms with Gasteiger partial charge in [0, 0.05) is 51.5 Å². The summed E-state index contributed by atoms with van der Waals surface area (Å²) in [5.74, 6) is 0.835. The summed E-state index contributed by atoms with van der Waals surface area (Å²) < 4.78 is 33.6. The third-order valence-electron chi connectivity index (χ3n) is 4.23. The van der Waals surface area contributed by atoms with Crippen molar-refractivity contribution in [1.82, 2.24) is 24.3 Å². The minimum Gasteiger partial charge on any atom is -0.378 e. The molecule has 2 rings (SSSR count). The summed E-state index contributed by atoms with van der Waals surface area (Å²) in [6.07, 6.45) is 3.78. The maximum absolute atomic E-state index is 12.5. The Labute approximate surface area is 162 Å². The lowest BCUT2D eigenvalue weighted by atomic mass is 10.3. The molecule has 1 aliphatic rings. The second kappa shape index (κ2) is 10.0. The average Bonchev–Trinajstić information content (AvgIpc) is 3.03. The molecule has 154 valence electrons. The van der Waals surface area contributed by atoms with E-state index in [1.54, 1.807) is 15.2 Å². The van der Waals surface area contributed by atoms with Gasteiger partial charge in [0.1, 0.15) is 0 Å². The molecule has 1 aromatic rings. The zero-order valence-electron chi connectivity index (χ0n) is 16.8. The Bertz CT molecular complexity index is 708. The molecular formula is C17H32N6O3S. The summed E-state index contributed by atoms with van der Waals surface area (Å²) in [5.41, 5.74) is 1.04. The van der Waals surface area contributed by atoms with Crippen LogP contribution in [0.3, 0.4) is 0 Å². The molecule has 1 saturated heterocycles. The minimum absolute atomic E-state index is 0.0281. The maximum Gasteiger partial charge on any atom is 0.216 e. The molecular weight excluding hydrogens is 368 g/mol. The standard InChI is InChI=1S/C17H32N6O3S/c1-5-18-17(19-12-16-13-20-21(4)14-16)22-6-8-23(9-7-22)27(24,25)11-10-26-15(2)3/h13-15H,5-12H2,1-4H3,(H,18,19). The number of guanidine groups is 1. The highest BCUT2D eigenvalue weighted by molar-refractivity contribution is 7.89. The molecule has 1 aliphatic heterocycles. The highest BCUT2D eigenvalue weighted by atomic mass is 32.2. The first-order chi connectivity index (χ1) is 12.8. The third-order valence-corrected chi connectivity index (χ3v) is 6.06. The first-order valence-corrected chi connectivity index (χ1v) is 11.0. The van der Waals surface area contributed by atoms with Gasteiger partial charge in [0.2, 0.25) is 10.0 Å². The number of hydrogen-bond acceptors (Lipinski definition) is 5. The van der Waals surface area contributed by atoms with E-state index in [0.29, 0.717) is 32.7 Å². The number of aromatic nitrogens is 2. The van der Waals surface area contributed by atoms with Crippen molar-refractivity contribution in [2.75, 3.05) is 45.1 Å². The number of aryl methyl sites for hydroxylation is 1. The van der Waals surface area contributed by atoms with Gasteiger partial charge in [-0.2, -0.15) is 9.40 Å². The Balaban J connectivity index is 1.90. The second-order valence-corrected chi connectivity index (χ2v) is 8.90. The van der Waals surface area contributed by atoms with Gasteiger partial charge in [0.25, 0.3) is 0 Å². The summed E-state index contributed by atoms with van der Waals surface area (Å²) in [6, 6.07) is 0. The lowest BCUT2D eigenvalue weighted by molar-refractivity contribution is 0.0904. The van der Waals surface area contributed by atoms with E-state index in [1.165, 1.54) is 0 Å². The Hall–Kier alpha value is -1.65. The van der Waals surface area contributed by atoms with Crippen LogP contribution in [-0.2, 0) is 28.4 Å². The Kier molecular flexibility index (Phi) is 8.06. The van der Waals surface area contributed by atoms with Gasteiger partial charge in [-0.1, -0.05) is 0 Å². The molecule has 0 aromatic carbocycles. The van der Waals surface area contributed by atoms with Crippen molar-refractivity contribution in [2.45, 2.75) is 33.4 Å². The first-order valence-electron chi connectivity index (χ1n) is 9.42. The van der Waals surface area contributed by atoms with E-state index in [-0.39, 0.29) is 18.5 Å². The molecule has 0 saturated carbocycles. The fraction of sp³-hybridized carbons (Fsp3) is 0.765. The average molecular weight is 401 g/mol. The van der Waals surface area contributed by atoms with Gasteiger partial charge in [0.15, 0.2) is 5.96 Å². The van der Waals surface area contributed by atoms with Crippen molar-refractivity contribution in [2.24, 2.45) is 12.0 Å². The van der Waals surface area contributed by atoms with E-state index in [9.17, 15) is 8.42 Å². The molecule has 9 nitrogen and oxygen atoms in total. The molecule has 1 fully saturated rings. The monoisotopic (exact) mass is 400 g/mol. The van der Waals surface area contributed by atoms with Crippen molar-refractivity contribution < 1.29 is 13.2 Å². The molecule has 2 heterocycles. The van der Waals surface area contributed by atoms with Gasteiger partial charge in [-0.25, -0.2) is 13.4 Å². The number of hydrogen-bond donors (Lipinski definition) is 1. The summed E-state index contributed by atoms with van der Waals surface area (Å²) in [5, 5.41) is 7.45. The van der Waals surface area contributed by atoms with E-state index >= 15 is 0 Å². The van der Waals surface area contributed by atoms with Crippen LogP contribution in [0.1, 0.15) is 26.3 Å². The van der Waals surface area contributed by atoms with Crippen LogP contribution in [0.4, 0.5) is 0 Å². The van der Waals surface area contributed by atoms with Crippen LogP contribution in [0.5, 0.6) is 0 Å². The molecule has 0 spiro atoms. The molecule has 0 unspecified atom stereocenters. The normalized spacial score (nSPS) is 16.9. The molecule has 0 bridgehead atoms. The van der Waals surface area contributed by atoms with Crippen LogP contribution in [0.25, 0.3) is 0 Å². The summed E-state index contributed by atoms with van der Waals surface area (Å²) >= 11 is 0. The van der Waals surface area contributed by atoms with Gasteiger partial charge in [-0.15, -0.1) is 0 Å². The smallest absolute Gasteiger partial charge is 0.216 e. The van der Waals surface area contributed by atoms with Gasteiger partial charge >= 0.3 is 0 Å². The van der Waals surface area contributed by atoms with Gasteiger partial charge in [-0.3, -0.25) is 4.68 Å². The van der Waals surface area contributed by atoms with Gasteiger partial charge in [-0.05, 0) is 20.8 Å². The van der Waals surface area contributed by atoms with Crippen LogP contribution < -0.4 is 5.32 Å². The quantitative estimate of drug-likeness (QED) is 0.497. The molecule has 27 heavy (non-hydrogen) atoms. The Morgan fingerprint density at radius 2 is 2.04 bits per heavy atom. The molecule has 1 N–H and O–H groups in total. The van der Waals surface area contributed by atoms with Crippen LogP contribution in [0, 0.1) is 0 Å². The summed E-state index contributed by atoms with van der Waals surface area (Å²) in [7, 11) is -1.40. The molecule has 0 radical (unpaired) electrons. The lowest BCUT2D eigenvalue weighted by Gasteiger charge is -2.35. The lowest BCUT2D eigenvalue weighted by Crippen LogP contribution is -2.54. The number of aliphatic imine (C=N–C) groups is 1. The Morgan fingerprint density at radius 1 is 1.33 bits per heavy atom. The van der Waals surface area contributed by atoms with Crippen molar-refractivity contribution >= 4 is 16.0 Å². The largest absolute Gasteiger partial charge is 0.378 e. The number of piperazine rings is 1. The van der Waals surface area contributed by atoms with E-state index in [1.807, 2.05) is 34.0 Å². The maximum atomic E-state index is 12.5. The van der Waals surface area contributed by atoms with Crippen LogP contribution in [0.15, 0.2) is 17.4 Å². The number of nitrogens with one attached hydrogen (secondary N) is 1. The van der Waals surface area contributed by atoms with E-state index in [4.69, 9.17) is 4.74 Å². The number of sulfonamides is 1.